The third-order valence-corrected chi connectivity index (χ3v) is 6.82. The van der Waals surface area contributed by atoms with Crippen LogP contribution in [0.1, 0.15) is 126 Å². The number of hydrogen-bond donors (Lipinski definition) is 2. The highest BCUT2D eigenvalue weighted by atomic mass is 35.5. The number of carbonyl (C=O) groups is 3. The molecule has 1 aromatic rings. The molecule has 0 saturated heterocycles. The zero-order chi connectivity index (χ0) is 26.2. The zero-order valence-corrected chi connectivity index (χ0v) is 22.5. The van der Waals surface area contributed by atoms with Gasteiger partial charge in [-0.05, 0) is 24.6 Å². The summed E-state index contributed by atoms with van der Waals surface area (Å²) in [5.74, 6) is -1.40. The van der Waals surface area contributed by atoms with Gasteiger partial charge in [0.15, 0.2) is 0 Å². The van der Waals surface area contributed by atoms with Crippen LogP contribution in [0.4, 0.5) is 5.69 Å². The second kappa shape index (κ2) is 17.1. The van der Waals surface area contributed by atoms with Gasteiger partial charge in [0.25, 0.3) is 5.91 Å². The van der Waals surface area contributed by atoms with Crippen LogP contribution < -0.4 is 10.3 Å². The molecule has 2 rings (SSSR count). The number of carbonyl (C=O) groups excluding carboxylic acids is 2. The van der Waals surface area contributed by atoms with E-state index in [9.17, 15) is 19.5 Å². The van der Waals surface area contributed by atoms with Crippen molar-refractivity contribution in [3.63, 3.8) is 0 Å². The van der Waals surface area contributed by atoms with Crippen LogP contribution in [0, 0.1) is 0 Å². The van der Waals surface area contributed by atoms with Gasteiger partial charge < -0.3 is 10.4 Å². The highest BCUT2D eigenvalue weighted by Gasteiger charge is 2.27. The van der Waals surface area contributed by atoms with Crippen LogP contribution in [0.15, 0.2) is 23.3 Å². The number of hydrazone groups is 1. The van der Waals surface area contributed by atoms with Crippen LogP contribution in [0.25, 0.3) is 0 Å². The van der Waals surface area contributed by atoms with E-state index in [0.717, 1.165) is 24.3 Å². The Morgan fingerprint density at radius 2 is 1.44 bits per heavy atom. The van der Waals surface area contributed by atoms with Gasteiger partial charge in [-0.25, -0.2) is 4.79 Å². The number of nitrogens with one attached hydrogen (secondary N) is 1. The second-order valence-electron chi connectivity index (χ2n) is 9.65. The predicted molar refractivity (Wildman–Crippen MR) is 146 cm³/mol. The molecule has 0 unspecified atom stereocenters. The van der Waals surface area contributed by atoms with Gasteiger partial charge in [0.05, 0.1) is 22.7 Å². The van der Waals surface area contributed by atoms with Crippen molar-refractivity contribution in [2.75, 3.05) is 5.01 Å². The van der Waals surface area contributed by atoms with Crippen LogP contribution in [0.2, 0.25) is 5.02 Å². The van der Waals surface area contributed by atoms with Crippen LogP contribution >= 0.6 is 11.6 Å². The van der Waals surface area contributed by atoms with E-state index >= 15 is 0 Å². The number of carboxylic acids is 1. The van der Waals surface area contributed by atoms with Gasteiger partial charge in [0.2, 0.25) is 5.91 Å². The number of nitrogens with zero attached hydrogens (tertiary/aromatic N) is 2. The third-order valence-electron chi connectivity index (χ3n) is 6.49. The van der Waals surface area contributed by atoms with Crippen molar-refractivity contribution in [1.29, 1.82) is 0 Å². The molecule has 2 N–H and O–H groups in total. The lowest BCUT2D eigenvalue weighted by Crippen LogP contribution is -2.29. The SMILES string of the molecule is CCCCCCCCCCCCCCCCCC(=O)NC1=NN(c2ccc(Cl)c(C(=O)O)c2)C(=O)C1. The summed E-state index contributed by atoms with van der Waals surface area (Å²) in [6.07, 6.45) is 19.5. The van der Waals surface area contributed by atoms with Crippen LogP contribution in [-0.4, -0.2) is 28.7 Å². The molecule has 0 saturated carbocycles. The molecule has 36 heavy (non-hydrogen) atoms. The molecule has 1 aliphatic rings. The first-order valence-electron chi connectivity index (χ1n) is 13.7. The molecular formula is C28H42ClN3O4. The van der Waals surface area contributed by atoms with E-state index in [0.29, 0.717) is 12.1 Å². The average molecular weight is 520 g/mol. The Bertz CT molecular complexity index is 888. The number of halogens is 1. The minimum Gasteiger partial charge on any atom is -0.478 e. The molecule has 0 aromatic heterocycles. The minimum absolute atomic E-state index is 0.0321. The molecular weight excluding hydrogens is 478 g/mol. The molecule has 0 atom stereocenters. The topological polar surface area (TPSA) is 99.1 Å². The number of amidine groups is 1. The van der Waals surface area contributed by atoms with Crippen molar-refractivity contribution in [2.45, 2.75) is 116 Å². The summed E-state index contributed by atoms with van der Waals surface area (Å²) in [4.78, 5) is 35.9. The number of unbranched alkanes of at least 4 members (excludes halogenated alkanes) is 14. The lowest BCUT2D eigenvalue weighted by atomic mass is 10.0. The highest BCUT2D eigenvalue weighted by Crippen LogP contribution is 2.26. The van der Waals surface area contributed by atoms with E-state index in [4.69, 9.17) is 11.6 Å². The summed E-state index contributed by atoms with van der Waals surface area (Å²) in [6, 6.07) is 4.24. The number of anilines is 1. The fourth-order valence-electron chi connectivity index (χ4n) is 4.39. The fourth-order valence-corrected chi connectivity index (χ4v) is 4.59. The molecule has 7 nitrogen and oxygen atoms in total. The maximum Gasteiger partial charge on any atom is 0.337 e. The number of benzene rings is 1. The van der Waals surface area contributed by atoms with Crippen molar-refractivity contribution in [3.8, 4) is 0 Å². The first-order chi connectivity index (χ1) is 17.4. The van der Waals surface area contributed by atoms with E-state index < -0.39 is 5.97 Å². The predicted octanol–water partition coefficient (Wildman–Crippen LogP) is 7.47. The molecule has 200 valence electrons. The van der Waals surface area contributed by atoms with E-state index in [1.165, 1.54) is 95.2 Å². The number of rotatable bonds is 18. The number of hydrogen-bond acceptors (Lipinski definition) is 4. The molecule has 0 aliphatic carbocycles. The fraction of sp³-hybridized carbons (Fsp3) is 0.643. The van der Waals surface area contributed by atoms with E-state index in [-0.39, 0.29) is 34.7 Å². The molecule has 1 heterocycles. The Morgan fingerprint density at radius 1 is 0.917 bits per heavy atom. The zero-order valence-electron chi connectivity index (χ0n) is 21.7. The van der Waals surface area contributed by atoms with Crippen molar-refractivity contribution < 1.29 is 19.5 Å². The van der Waals surface area contributed by atoms with Gasteiger partial charge in [-0.3, -0.25) is 9.59 Å². The van der Waals surface area contributed by atoms with E-state index in [1.807, 2.05) is 0 Å². The first-order valence-corrected chi connectivity index (χ1v) is 14.0. The summed E-state index contributed by atoms with van der Waals surface area (Å²) in [5.41, 5.74) is 0.191. The largest absolute Gasteiger partial charge is 0.478 e. The van der Waals surface area contributed by atoms with Crippen LogP contribution in [0.5, 0.6) is 0 Å². The van der Waals surface area contributed by atoms with E-state index in [1.54, 1.807) is 0 Å². The minimum atomic E-state index is -1.19. The van der Waals surface area contributed by atoms with Crippen molar-refractivity contribution in [1.82, 2.24) is 5.32 Å². The summed E-state index contributed by atoms with van der Waals surface area (Å²) in [7, 11) is 0. The third kappa shape index (κ3) is 11.1. The van der Waals surface area contributed by atoms with Crippen LogP contribution in [0.3, 0.4) is 0 Å². The van der Waals surface area contributed by atoms with Gasteiger partial charge in [0, 0.05) is 6.42 Å². The normalized spacial score (nSPS) is 13.2. The van der Waals surface area contributed by atoms with Crippen molar-refractivity contribution >= 4 is 40.9 Å². The molecule has 8 heteroatoms. The van der Waals surface area contributed by atoms with Gasteiger partial charge in [-0.2, -0.15) is 10.1 Å². The second-order valence-corrected chi connectivity index (χ2v) is 10.1. The molecule has 1 aliphatic heterocycles. The number of aromatic carboxylic acids is 1. The Kier molecular flexibility index (Phi) is 14.2. The van der Waals surface area contributed by atoms with Gasteiger partial charge in [0.1, 0.15) is 5.84 Å². The van der Waals surface area contributed by atoms with Crippen molar-refractivity contribution in [2.24, 2.45) is 5.10 Å². The monoisotopic (exact) mass is 519 g/mol. The summed E-state index contributed by atoms with van der Waals surface area (Å²) in [6.45, 7) is 2.26. The average Bonchev–Trinajstić information content (AvgIpc) is 3.21. The molecule has 1 aromatic carbocycles. The Balaban J connectivity index is 1.54. The first kappa shape index (κ1) is 29.8. The summed E-state index contributed by atoms with van der Waals surface area (Å²) < 4.78 is 0. The lowest BCUT2D eigenvalue weighted by molar-refractivity contribution is -0.119. The maximum absolute atomic E-state index is 12.3. The molecule has 2 amide bonds. The summed E-state index contributed by atoms with van der Waals surface area (Å²) in [5, 5.41) is 17.3. The Labute approximate surface area is 220 Å². The molecule has 0 spiro atoms. The molecule has 0 radical (unpaired) electrons. The summed E-state index contributed by atoms with van der Waals surface area (Å²) >= 11 is 5.89. The van der Waals surface area contributed by atoms with E-state index in [2.05, 4.69) is 17.3 Å². The van der Waals surface area contributed by atoms with Crippen LogP contribution in [-0.2, 0) is 9.59 Å². The molecule has 0 bridgehead atoms. The highest BCUT2D eigenvalue weighted by molar-refractivity contribution is 6.33. The standard InChI is InChI=1S/C28H42ClN3O4/c1-2-3-4-5-6-7-8-9-10-11-12-13-14-15-16-17-26(33)30-25-21-27(34)32(31-25)22-18-19-24(29)23(20-22)28(35)36/h18-20H,2-17,21H2,1H3,(H,35,36)(H,30,31,33). The quantitative estimate of drug-likeness (QED) is 0.196. The van der Waals surface area contributed by atoms with Crippen molar-refractivity contribution in [3.05, 3.63) is 28.8 Å². The van der Waals surface area contributed by atoms with Gasteiger partial charge in [-0.1, -0.05) is 108 Å². The number of carboxylic acid groups (broad SMARTS) is 1. The lowest BCUT2D eigenvalue weighted by Gasteiger charge is -2.12. The smallest absolute Gasteiger partial charge is 0.337 e. The maximum atomic E-state index is 12.3. The Morgan fingerprint density at radius 3 is 1.97 bits per heavy atom. The number of amides is 2. The van der Waals surface area contributed by atoms with Gasteiger partial charge in [-0.15, -0.1) is 0 Å². The van der Waals surface area contributed by atoms with Gasteiger partial charge >= 0.3 is 5.97 Å². The Hall–Kier alpha value is -2.41. The molecule has 0 fully saturated rings.